The maximum absolute atomic E-state index is 14.6. The van der Waals surface area contributed by atoms with E-state index >= 15 is 0 Å². The number of piperidine rings is 1. The molecule has 4 aliphatic heterocycles. The molecule has 0 radical (unpaired) electrons. The van der Waals surface area contributed by atoms with Gasteiger partial charge in [-0.1, -0.05) is 79.9 Å². The molecule has 3 saturated heterocycles. The second-order valence-corrected chi connectivity index (χ2v) is 18.3. The van der Waals surface area contributed by atoms with Crippen molar-refractivity contribution in [2.75, 3.05) is 52.3 Å². The van der Waals surface area contributed by atoms with Crippen molar-refractivity contribution in [3.8, 4) is 28.7 Å². The molecule has 3 aromatic carbocycles. The Balaban J connectivity index is 1.07. The van der Waals surface area contributed by atoms with Crippen LogP contribution in [0, 0.1) is 18.3 Å². The molecule has 14 nitrogen and oxygen atoms in total. The number of nitrogens with zero attached hydrogens (tertiary/aromatic N) is 3. The zero-order valence-electron chi connectivity index (χ0n) is 36.8. The van der Waals surface area contributed by atoms with Crippen LogP contribution in [0.25, 0.3) is 11.1 Å². The number of Topliss-reactive ketones (excluding diaryl/α,β-unsaturated/α-hetero) is 1. The van der Waals surface area contributed by atoms with Crippen molar-refractivity contribution in [1.82, 2.24) is 15.1 Å². The van der Waals surface area contributed by atoms with Crippen LogP contribution in [0.3, 0.4) is 0 Å². The molecular formula is C50H52N4O10S. The van der Waals surface area contributed by atoms with Gasteiger partial charge in [-0.05, 0) is 60.7 Å². The van der Waals surface area contributed by atoms with E-state index in [1.165, 1.54) is 40.1 Å². The predicted molar refractivity (Wildman–Crippen MR) is 242 cm³/mol. The summed E-state index contributed by atoms with van der Waals surface area (Å²) in [6.07, 6.45) is 2.60. The Bertz CT molecular complexity index is 2540. The number of hydrogen-bond acceptors (Lipinski definition) is 14. The number of amides is 1. The van der Waals surface area contributed by atoms with E-state index in [0.29, 0.717) is 23.7 Å². The van der Waals surface area contributed by atoms with Gasteiger partial charge in [-0.3, -0.25) is 14.6 Å². The highest BCUT2D eigenvalue weighted by atomic mass is 32.2. The number of carbonyl (C=O) groups is 3. The molecule has 0 saturated carbocycles. The Morgan fingerprint density at radius 1 is 1.03 bits per heavy atom. The van der Waals surface area contributed by atoms with Gasteiger partial charge in [0.2, 0.25) is 6.79 Å². The Kier molecular flexibility index (Phi) is 12.0. The van der Waals surface area contributed by atoms with Gasteiger partial charge in [0.05, 0.1) is 25.3 Å². The van der Waals surface area contributed by atoms with Gasteiger partial charge in [0.1, 0.15) is 31.9 Å². The molecule has 338 valence electrons. The molecule has 4 heterocycles. The molecule has 0 spiro atoms. The van der Waals surface area contributed by atoms with Crippen molar-refractivity contribution in [3.05, 3.63) is 130 Å². The zero-order chi connectivity index (χ0) is 45.7. The molecule has 3 fully saturated rings. The molecule has 2 aliphatic carbocycles. The predicted octanol–water partition coefficient (Wildman–Crippen LogP) is 6.03. The molecule has 0 aromatic heterocycles. The van der Waals surface area contributed by atoms with E-state index in [0.717, 1.165) is 16.7 Å². The molecule has 3 aromatic rings. The number of nitrogens with one attached hydrogen (secondary N) is 1. The van der Waals surface area contributed by atoms with Crippen LogP contribution in [0.5, 0.6) is 11.5 Å². The number of rotatable bonds is 14. The topological polar surface area (TPSA) is 169 Å². The van der Waals surface area contributed by atoms with Gasteiger partial charge < -0.3 is 38.8 Å². The van der Waals surface area contributed by atoms with Crippen LogP contribution in [0.2, 0.25) is 0 Å². The summed E-state index contributed by atoms with van der Waals surface area (Å²) in [5.74, 6) is 0.940. The molecule has 9 rings (SSSR count). The highest BCUT2D eigenvalue weighted by Gasteiger charge is 2.64. The number of alkyl carbamates (subject to hydrolysis) is 1. The number of fused-ring (bicyclic) bond motifs is 11. The van der Waals surface area contributed by atoms with Crippen LogP contribution in [0.4, 0.5) is 4.79 Å². The Morgan fingerprint density at radius 3 is 2.40 bits per heavy atom. The third-order valence-electron chi connectivity index (χ3n) is 13.7. The summed E-state index contributed by atoms with van der Waals surface area (Å²) in [4.78, 5) is 46.3. The van der Waals surface area contributed by atoms with E-state index in [2.05, 4.69) is 59.8 Å². The minimum absolute atomic E-state index is 0.0570. The number of hydrogen-bond donors (Lipinski definition) is 2. The molecule has 15 heteroatoms. The standard InChI is InChI=1S/C50H52N4O10S/c1-7-17-60-45-40-29(19-27(3)43(45)59-6)20-36-38(22-51)54-37(42(40)53(36)5)21-50(58)41(46-44(63-26-64-46)28(4)47(50)55)39(54)23-62-48(56)35(52-49(57)61-18-8-2)25-65-24-34-32-15-11-9-13-30(32)31-14-10-12-16-33(31)34/h7-16,19,34-39,42,58H,1-2,17-18,20-21,23-26H2,3-6H3,(H,52,57)/t35-,36-,37-,38-,39-,42-,50?/m0/s1. The molecule has 65 heavy (non-hydrogen) atoms. The molecule has 2 N–H and O–H groups in total. The lowest BCUT2D eigenvalue weighted by Gasteiger charge is -2.62. The summed E-state index contributed by atoms with van der Waals surface area (Å²) in [5.41, 5.74) is 5.61. The van der Waals surface area contributed by atoms with Crippen molar-refractivity contribution in [1.29, 1.82) is 5.26 Å². The summed E-state index contributed by atoms with van der Waals surface area (Å²) in [5, 5.41) is 26.8. The van der Waals surface area contributed by atoms with Gasteiger partial charge in [0.25, 0.3) is 0 Å². The first kappa shape index (κ1) is 44.2. The van der Waals surface area contributed by atoms with Crippen LogP contribution in [-0.2, 0) is 35.0 Å². The van der Waals surface area contributed by atoms with E-state index in [1.807, 2.05) is 43.1 Å². The van der Waals surface area contributed by atoms with E-state index in [9.17, 15) is 24.8 Å². The molecule has 2 bridgehead atoms. The average molecular weight is 901 g/mol. The molecular weight excluding hydrogens is 849 g/mol. The summed E-state index contributed by atoms with van der Waals surface area (Å²) in [7, 11) is 3.53. The third-order valence-corrected chi connectivity index (χ3v) is 14.9. The van der Waals surface area contributed by atoms with Crippen molar-refractivity contribution in [2.45, 2.75) is 74.5 Å². The van der Waals surface area contributed by atoms with Crippen LogP contribution in [0.15, 0.2) is 103 Å². The van der Waals surface area contributed by atoms with Gasteiger partial charge in [-0.15, -0.1) is 0 Å². The molecule has 6 aliphatic rings. The second kappa shape index (κ2) is 17.7. The maximum Gasteiger partial charge on any atom is 0.408 e. The summed E-state index contributed by atoms with van der Waals surface area (Å²) < 4.78 is 35.7. The van der Waals surface area contributed by atoms with Gasteiger partial charge >= 0.3 is 12.1 Å². The van der Waals surface area contributed by atoms with Crippen LogP contribution < -0.4 is 14.8 Å². The number of ether oxygens (including phenoxy) is 6. The fourth-order valence-electron chi connectivity index (χ4n) is 11.0. The summed E-state index contributed by atoms with van der Waals surface area (Å²) in [6, 6.07) is 16.6. The number of ketones is 1. The Morgan fingerprint density at radius 2 is 1.72 bits per heavy atom. The number of benzene rings is 3. The maximum atomic E-state index is 14.6. The first-order valence-electron chi connectivity index (χ1n) is 21.8. The molecule has 1 unspecified atom stereocenters. The number of aliphatic hydroxyl groups is 1. The van der Waals surface area contributed by atoms with E-state index in [-0.39, 0.29) is 66.8 Å². The number of carbonyl (C=O) groups excluding carboxylic acids is 3. The number of methoxy groups -OCH3 is 1. The summed E-state index contributed by atoms with van der Waals surface area (Å²) in [6.45, 7) is 10.5. The lowest BCUT2D eigenvalue weighted by Crippen LogP contribution is -2.74. The highest BCUT2D eigenvalue weighted by Crippen LogP contribution is 2.57. The average Bonchev–Trinajstić information content (AvgIpc) is 3.92. The Hall–Kier alpha value is -6.05. The van der Waals surface area contributed by atoms with Crippen molar-refractivity contribution < 1.29 is 47.9 Å². The minimum Gasteiger partial charge on any atom is -0.493 e. The number of likely N-dealkylation sites (N-methyl/N-ethyl adjacent to an activating group) is 1. The number of esters is 1. The van der Waals surface area contributed by atoms with Gasteiger partial charge in [-0.2, -0.15) is 17.0 Å². The van der Waals surface area contributed by atoms with Crippen LogP contribution >= 0.6 is 11.8 Å². The van der Waals surface area contributed by atoms with Crippen molar-refractivity contribution in [3.63, 3.8) is 0 Å². The minimum atomic E-state index is -2.13. The summed E-state index contributed by atoms with van der Waals surface area (Å²) >= 11 is 1.49. The lowest BCUT2D eigenvalue weighted by molar-refractivity contribution is -0.159. The second-order valence-electron chi connectivity index (χ2n) is 17.2. The van der Waals surface area contributed by atoms with Gasteiger partial charge in [0.15, 0.2) is 34.4 Å². The van der Waals surface area contributed by atoms with Crippen LogP contribution in [-0.4, -0.2) is 121 Å². The third kappa shape index (κ3) is 7.27. The number of thioether (sulfide) groups is 1. The fraction of sp³-hybridized carbons (Fsp3) is 0.400. The zero-order valence-corrected chi connectivity index (χ0v) is 37.7. The highest BCUT2D eigenvalue weighted by molar-refractivity contribution is 7.99. The van der Waals surface area contributed by atoms with E-state index in [4.69, 9.17) is 28.4 Å². The largest absolute Gasteiger partial charge is 0.493 e. The Labute approximate surface area is 382 Å². The number of nitriles is 1. The lowest BCUT2D eigenvalue weighted by atomic mass is 9.65. The normalized spacial score (nSPS) is 25.5. The van der Waals surface area contributed by atoms with E-state index in [1.54, 1.807) is 20.1 Å². The van der Waals surface area contributed by atoms with Crippen molar-refractivity contribution in [2.24, 2.45) is 0 Å². The van der Waals surface area contributed by atoms with Gasteiger partial charge in [-0.25, -0.2) is 9.59 Å². The monoisotopic (exact) mass is 900 g/mol. The SMILES string of the molecule is C=CCOC(=O)N[C@@H](CSCC1c2ccccc2-c2ccccc21)C(=O)OC[C@H]1C2=C3OCOC3=C(C)C(=O)C2(O)C[C@H]2[C@H]3c4c(cc(C)c(OC)c4OCC=C)C[C@@H]([C@H](C#N)N12)N3C. The fourth-order valence-corrected chi connectivity index (χ4v) is 12.2. The van der Waals surface area contributed by atoms with Crippen molar-refractivity contribution >= 4 is 29.6 Å². The smallest absolute Gasteiger partial charge is 0.408 e. The van der Waals surface area contributed by atoms with Crippen LogP contribution in [0.1, 0.15) is 53.1 Å². The number of piperazine rings is 1. The number of aryl methyl sites for hydroxylation is 1. The molecule has 1 amide bonds. The van der Waals surface area contributed by atoms with E-state index < -0.39 is 60.3 Å². The first-order valence-corrected chi connectivity index (χ1v) is 22.9. The quantitative estimate of drug-likeness (QED) is 0.142. The molecule has 7 atom stereocenters. The first-order chi connectivity index (χ1) is 31.5. The van der Waals surface area contributed by atoms with Gasteiger partial charge in [0, 0.05) is 52.6 Å².